The van der Waals surface area contributed by atoms with E-state index in [1.807, 2.05) is 0 Å². The molecule has 2 atom stereocenters. The van der Waals surface area contributed by atoms with E-state index in [1.54, 1.807) is 0 Å². The Morgan fingerprint density at radius 1 is 1.38 bits per heavy atom. The molecule has 94 valence electrons. The summed E-state index contributed by atoms with van der Waals surface area (Å²) < 4.78 is 35.9. The fraction of sp³-hybridized carbons (Fsp3) is 1.00. The molecule has 0 aromatic carbocycles. The van der Waals surface area contributed by atoms with Crippen LogP contribution in [-0.4, -0.2) is 57.1 Å². The highest BCUT2D eigenvalue weighted by molar-refractivity contribution is 7.89. The Morgan fingerprint density at radius 3 is 2.81 bits per heavy atom. The standard InChI is InChI=1S/C9H18N2O4S/c10-9-6-14-5-3-11(9)16(12,13)7-8-2-1-4-15-8/h8-9H,1-7,10H2. The smallest absolute Gasteiger partial charge is 0.218 e. The van der Waals surface area contributed by atoms with Gasteiger partial charge in [-0.3, -0.25) is 0 Å². The van der Waals surface area contributed by atoms with Gasteiger partial charge in [0.05, 0.1) is 31.2 Å². The Bertz CT molecular complexity index is 326. The normalized spacial score (nSPS) is 33.1. The van der Waals surface area contributed by atoms with Gasteiger partial charge in [-0.2, -0.15) is 4.31 Å². The molecular weight excluding hydrogens is 232 g/mol. The molecule has 2 aliphatic rings. The number of hydrogen-bond donors (Lipinski definition) is 1. The topological polar surface area (TPSA) is 81.9 Å². The third-order valence-electron chi connectivity index (χ3n) is 2.89. The first-order chi connectivity index (χ1) is 7.59. The van der Waals surface area contributed by atoms with E-state index in [-0.39, 0.29) is 18.5 Å². The lowest BCUT2D eigenvalue weighted by Crippen LogP contribution is -2.54. The lowest BCUT2D eigenvalue weighted by molar-refractivity contribution is 0.0341. The summed E-state index contributed by atoms with van der Waals surface area (Å²) in [5.74, 6) is 0.0424. The molecule has 2 unspecified atom stereocenters. The van der Waals surface area contributed by atoms with Gasteiger partial charge in [0.15, 0.2) is 0 Å². The van der Waals surface area contributed by atoms with Crippen LogP contribution in [0.4, 0.5) is 0 Å². The van der Waals surface area contributed by atoms with Gasteiger partial charge < -0.3 is 15.2 Å². The maximum Gasteiger partial charge on any atom is 0.218 e. The zero-order valence-corrected chi connectivity index (χ0v) is 9.99. The molecule has 2 rings (SSSR count). The second-order valence-corrected chi connectivity index (χ2v) is 6.13. The van der Waals surface area contributed by atoms with Gasteiger partial charge in [0, 0.05) is 13.2 Å². The predicted molar refractivity (Wildman–Crippen MR) is 58.3 cm³/mol. The molecule has 2 N–H and O–H groups in total. The van der Waals surface area contributed by atoms with Crippen LogP contribution < -0.4 is 5.73 Å². The van der Waals surface area contributed by atoms with Crippen molar-refractivity contribution in [2.24, 2.45) is 5.73 Å². The minimum atomic E-state index is -3.31. The molecule has 0 aromatic heterocycles. The number of hydrogen-bond acceptors (Lipinski definition) is 5. The molecule has 2 fully saturated rings. The van der Waals surface area contributed by atoms with Crippen LogP contribution in [0.1, 0.15) is 12.8 Å². The molecule has 0 aromatic rings. The molecule has 2 heterocycles. The number of ether oxygens (including phenoxy) is 2. The molecule has 0 amide bonds. The van der Waals surface area contributed by atoms with Crippen LogP contribution in [0, 0.1) is 0 Å². The number of nitrogens with two attached hydrogens (primary N) is 1. The Balaban J connectivity index is 1.99. The third kappa shape index (κ3) is 2.72. The fourth-order valence-corrected chi connectivity index (χ4v) is 3.81. The van der Waals surface area contributed by atoms with Crippen molar-refractivity contribution < 1.29 is 17.9 Å². The zero-order valence-electron chi connectivity index (χ0n) is 9.17. The Kier molecular flexibility index (Phi) is 3.81. The molecule has 0 radical (unpaired) electrons. The van der Waals surface area contributed by atoms with Crippen molar-refractivity contribution in [1.82, 2.24) is 4.31 Å². The van der Waals surface area contributed by atoms with Crippen LogP contribution in [0.2, 0.25) is 0 Å². The van der Waals surface area contributed by atoms with E-state index in [0.717, 1.165) is 12.8 Å². The van der Waals surface area contributed by atoms with Crippen molar-refractivity contribution in [3.63, 3.8) is 0 Å². The third-order valence-corrected chi connectivity index (χ3v) is 4.85. The van der Waals surface area contributed by atoms with Gasteiger partial charge in [-0.15, -0.1) is 0 Å². The molecule has 0 spiro atoms. The highest BCUT2D eigenvalue weighted by Crippen LogP contribution is 2.17. The molecule has 2 aliphatic heterocycles. The van der Waals surface area contributed by atoms with Crippen molar-refractivity contribution in [3.8, 4) is 0 Å². The molecule has 0 aliphatic carbocycles. The second-order valence-electron chi connectivity index (χ2n) is 4.17. The highest BCUT2D eigenvalue weighted by atomic mass is 32.2. The van der Waals surface area contributed by atoms with Gasteiger partial charge in [-0.05, 0) is 12.8 Å². The van der Waals surface area contributed by atoms with E-state index in [1.165, 1.54) is 4.31 Å². The van der Waals surface area contributed by atoms with Crippen molar-refractivity contribution in [2.75, 3.05) is 32.1 Å². The molecule has 7 heteroatoms. The maximum atomic E-state index is 12.1. The van der Waals surface area contributed by atoms with Crippen LogP contribution in [-0.2, 0) is 19.5 Å². The van der Waals surface area contributed by atoms with E-state index in [9.17, 15) is 8.42 Å². The van der Waals surface area contributed by atoms with Gasteiger partial charge in [-0.25, -0.2) is 8.42 Å². The summed E-state index contributed by atoms with van der Waals surface area (Å²) in [5, 5.41) is 0. The second kappa shape index (κ2) is 4.97. The first kappa shape index (κ1) is 12.3. The summed E-state index contributed by atoms with van der Waals surface area (Å²) >= 11 is 0. The number of morpholine rings is 1. The summed E-state index contributed by atoms with van der Waals surface area (Å²) in [6, 6.07) is 0. The van der Waals surface area contributed by atoms with E-state index in [2.05, 4.69) is 0 Å². The van der Waals surface area contributed by atoms with Gasteiger partial charge in [0.25, 0.3) is 0 Å². The Morgan fingerprint density at radius 2 is 2.19 bits per heavy atom. The van der Waals surface area contributed by atoms with E-state index >= 15 is 0 Å². The van der Waals surface area contributed by atoms with Gasteiger partial charge >= 0.3 is 0 Å². The number of rotatable bonds is 3. The molecule has 0 saturated carbocycles. The summed E-state index contributed by atoms with van der Waals surface area (Å²) in [6.07, 6.45) is 1.04. The molecule has 16 heavy (non-hydrogen) atoms. The van der Waals surface area contributed by atoms with Crippen LogP contribution in [0.3, 0.4) is 0 Å². The zero-order chi connectivity index (χ0) is 11.6. The van der Waals surface area contributed by atoms with Crippen molar-refractivity contribution in [3.05, 3.63) is 0 Å². The van der Waals surface area contributed by atoms with Crippen LogP contribution in [0.5, 0.6) is 0 Å². The SMILES string of the molecule is NC1COCCN1S(=O)(=O)CC1CCCO1. The molecule has 6 nitrogen and oxygen atoms in total. The molecule has 2 saturated heterocycles. The summed E-state index contributed by atoms with van der Waals surface area (Å²) in [6.45, 7) is 1.69. The van der Waals surface area contributed by atoms with Gasteiger partial charge in [0.2, 0.25) is 10.0 Å². The van der Waals surface area contributed by atoms with Crippen LogP contribution in [0.15, 0.2) is 0 Å². The van der Waals surface area contributed by atoms with E-state index in [0.29, 0.717) is 19.8 Å². The average Bonchev–Trinajstić information content (AvgIpc) is 2.70. The Hall–Kier alpha value is -0.210. The van der Waals surface area contributed by atoms with Crippen molar-refractivity contribution >= 4 is 10.0 Å². The first-order valence-electron chi connectivity index (χ1n) is 5.54. The van der Waals surface area contributed by atoms with Crippen LogP contribution in [0.25, 0.3) is 0 Å². The summed E-state index contributed by atoms with van der Waals surface area (Å²) in [7, 11) is -3.31. The Labute approximate surface area is 95.7 Å². The van der Waals surface area contributed by atoms with Crippen LogP contribution >= 0.6 is 0 Å². The van der Waals surface area contributed by atoms with Crippen molar-refractivity contribution in [2.45, 2.75) is 25.1 Å². The number of nitrogens with zero attached hydrogens (tertiary/aromatic N) is 1. The lowest BCUT2D eigenvalue weighted by Gasteiger charge is -2.32. The largest absolute Gasteiger partial charge is 0.377 e. The average molecular weight is 250 g/mol. The predicted octanol–water partition coefficient (Wildman–Crippen LogP) is -0.888. The minimum Gasteiger partial charge on any atom is -0.377 e. The maximum absolute atomic E-state index is 12.1. The first-order valence-corrected chi connectivity index (χ1v) is 7.15. The molecular formula is C9H18N2O4S. The van der Waals surface area contributed by atoms with Gasteiger partial charge in [-0.1, -0.05) is 0 Å². The minimum absolute atomic E-state index is 0.0424. The summed E-state index contributed by atoms with van der Waals surface area (Å²) in [5.41, 5.74) is 5.72. The highest BCUT2D eigenvalue weighted by Gasteiger charge is 2.33. The summed E-state index contributed by atoms with van der Waals surface area (Å²) in [4.78, 5) is 0. The van der Waals surface area contributed by atoms with E-state index in [4.69, 9.17) is 15.2 Å². The lowest BCUT2D eigenvalue weighted by atomic mass is 10.3. The fourth-order valence-electron chi connectivity index (χ4n) is 2.06. The van der Waals surface area contributed by atoms with Gasteiger partial charge in [0.1, 0.15) is 0 Å². The monoisotopic (exact) mass is 250 g/mol. The quantitative estimate of drug-likeness (QED) is 0.703. The number of sulfonamides is 1. The molecule has 0 bridgehead atoms. The van der Waals surface area contributed by atoms with E-state index < -0.39 is 16.2 Å². The van der Waals surface area contributed by atoms with Crippen molar-refractivity contribution in [1.29, 1.82) is 0 Å².